The molecule has 0 aliphatic heterocycles. The lowest BCUT2D eigenvalue weighted by Crippen LogP contribution is -2.17. The Balaban J connectivity index is 2.30. The average molecular weight is 239 g/mol. The van der Waals surface area contributed by atoms with E-state index in [1.54, 1.807) is 13.4 Å². The molecule has 0 amide bonds. The predicted molar refractivity (Wildman–Crippen MR) is 65.2 cm³/mol. The van der Waals surface area contributed by atoms with Crippen molar-refractivity contribution in [3.8, 4) is 0 Å². The van der Waals surface area contributed by atoms with Crippen LogP contribution >= 0.6 is 9.24 Å². The minimum absolute atomic E-state index is 0.0841. The number of nitrogens with one attached hydrogen (secondary N) is 1. The second-order valence-electron chi connectivity index (χ2n) is 3.42. The molecule has 0 fully saturated rings. The van der Waals surface area contributed by atoms with Gasteiger partial charge in [0.15, 0.2) is 11.5 Å². The van der Waals surface area contributed by atoms with Crippen molar-refractivity contribution in [2.75, 3.05) is 19.0 Å². The van der Waals surface area contributed by atoms with E-state index in [-0.39, 0.29) is 6.10 Å². The maximum Gasteiger partial charge on any atom is 0.183 e. The summed E-state index contributed by atoms with van der Waals surface area (Å²) in [6, 6.07) is 0. The summed E-state index contributed by atoms with van der Waals surface area (Å²) in [5.74, 6) is 1.09. The summed E-state index contributed by atoms with van der Waals surface area (Å²) >= 11 is 0. The number of rotatable bonds is 4. The number of hydrogen-bond acceptors (Lipinski definition) is 5. The summed E-state index contributed by atoms with van der Waals surface area (Å²) in [7, 11) is 4.31. The van der Waals surface area contributed by atoms with Crippen LogP contribution in [0.5, 0.6) is 0 Å². The molecular weight excluding hydrogens is 225 g/mol. The molecule has 0 saturated carbocycles. The van der Waals surface area contributed by atoms with Gasteiger partial charge in [-0.05, 0) is 6.16 Å². The van der Waals surface area contributed by atoms with Crippen molar-refractivity contribution in [2.45, 2.75) is 12.5 Å². The molecule has 2 atom stereocenters. The van der Waals surface area contributed by atoms with Crippen molar-refractivity contribution in [2.24, 2.45) is 0 Å². The van der Waals surface area contributed by atoms with E-state index in [1.165, 1.54) is 0 Å². The fraction of sp³-hybridized carbons (Fsp3) is 0.444. The lowest BCUT2D eigenvalue weighted by Gasteiger charge is -2.11. The number of fused-ring (bicyclic) bond motifs is 1. The first-order valence-corrected chi connectivity index (χ1v) is 5.74. The van der Waals surface area contributed by atoms with Crippen molar-refractivity contribution < 1.29 is 4.74 Å². The van der Waals surface area contributed by atoms with Crippen LogP contribution in [-0.2, 0) is 11.2 Å². The highest BCUT2D eigenvalue weighted by Gasteiger charge is 2.11. The number of anilines is 1. The predicted octanol–water partition coefficient (Wildman–Crippen LogP) is 0.368. The standard InChI is InChI=1S/C9H14N5OP/c1-15-5(3-16)2-6-13-8(10)7-9(14-6)12-4-11-7/h4-5H,2-3,16H2,1H3,(H3,10,11,12,13,14). The molecule has 0 aliphatic rings. The van der Waals surface area contributed by atoms with Crippen molar-refractivity contribution in [1.82, 2.24) is 19.9 Å². The molecule has 0 aliphatic carbocycles. The van der Waals surface area contributed by atoms with Gasteiger partial charge in [0.25, 0.3) is 0 Å². The number of nitrogens with two attached hydrogens (primary N) is 1. The first-order chi connectivity index (χ1) is 7.74. The number of aromatic nitrogens is 4. The lowest BCUT2D eigenvalue weighted by molar-refractivity contribution is 0.120. The summed E-state index contributed by atoms with van der Waals surface area (Å²) in [4.78, 5) is 15.5. The van der Waals surface area contributed by atoms with Gasteiger partial charge in [-0.15, -0.1) is 9.24 Å². The first kappa shape index (κ1) is 11.2. The Morgan fingerprint density at radius 3 is 3.06 bits per heavy atom. The van der Waals surface area contributed by atoms with Gasteiger partial charge in [-0.25, -0.2) is 15.0 Å². The molecule has 0 spiro atoms. The number of hydrogen-bond donors (Lipinski definition) is 2. The molecule has 86 valence electrons. The lowest BCUT2D eigenvalue weighted by atomic mass is 10.2. The zero-order valence-corrected chi connectivity index (χ0v) is 10.1. The van der Waals surface area contributed by atoms with E-state index in [4.69, 9.17) is 10.5 Å². The van der Waals surface area contributed by atoms with Crippen molar-refractivity contribution in [1.29, 1.82) is 0 Å². The largest absolute Gasteiger partial charge is 0.382 e. The van der Waals surface area contributed by atoms with Gasteiger partial charge < -0.3 is 15.5 Å². The second-order valence-corrected chi connectivity index (χ2v) is 3.90. The zero-order chi connectivity index (χ0) is 11.5. The molecule has 16 heavy (non-hydrogen) atoms. The summed E-state index contributed by atoms with van der Waals surface area (Å²) < 4.78 is 5.27. The third kappa shape index (κ3) is 2.13. The van der Waals surface area contributed by atoms with Crippen LogP contribution in [0.1, 0.15) is 5.82 Å². The number of nitrogens with zero attached hydrogens (tertiary/aromatic N) is 3. The molecule has 0 radical (unpaired) electrons. The normalized spacial score (nSPS) is 13.1. The van der Waals surface area contributed by atoms with Gasteiger partial charge >= 0.3 is 0 Å². The summed E-state index contributed by atoms with van der Waals surface area (Å²) in [6.45, 7) is 0. The average Bonchev–Trinajstić information content (AvgIpc) is 2.74. The van der Waals surface area contributed by atoms with Crippen LogP contribution in [-0.4, -0.2) is 39.3 Å². The van der Waals surface area contributed by atoms with Gasteiger partial charge in [-0.1, -0.05) is 0 Å². The number of imidazole rings is 1. The SMILES string of the molecule is COC(CP)Cc1nc(N)c2[nH]cnc2n1. The number of ether oxygens (including phenoxy) is 1. The fourth-order valence-corrected chi connectivity index (χ4v) is 1.82. The van der Waals surface area contributed by atoms with Gasteiger partial charge in [0, 0.05) is 13.5 Å². The number of methoxy groups -OCH3 is 1. The minimum atomic E-state index is 0.0841. The Morgan fingerprint density at radius 2 is 2.38 bits per heavy atom. The smallest absolute Gasteiger partial charge is 0.183 e. The molecule has 6 nitrogen and oxygen atoms in total. The van der Waals surface area contributed by atoms with E-state index >= 15 is 0 Å². The van der Waals surface area contributed by atoms with Gasteiger partial charge in [0.1, 0.15) is 11.3 Å². The highest BCUT2D eigenvalue weighted by atomic mass is 31.0. The van der Waals surface area contributed by atoms with Gasteiger partial charge in [0.05, 0.1) is 12.4 Å². The molecule has 2 aromatic rings. The van der Waals surface area contributed by atoms with Crippen LogP contribution in [0.2, 0.25) is 0 Å². The molecule has 0 bridgehead atoms. The van der Waals surface area contributed by atoms with Gasteiger partial charge in [-0.2, -0.15) is 0 Å². The Bertz CT molecular complexity index is 482. The summed E-state index contributed by atoms with van der Waals surface area (Å²) in [5.41, 5.74) is 7.07. The molecule has 2 aromatic heterocycles. The Morgan fingerprint density at radius 1 is 1.56 bits per heavy atom. The highest BCUT2D eigenvalue weighted by Crippen LogP contribution is 2.14. The molecule has 0 aromatic carbocycles. The third-order valence-electron chi connectivity index (χ3n) is 2.37. The maximum absolute atomic E-state index is 5.79. The summed E-state index contributed by atoms with van der Waals surface area (Å²) in [6.07, 6.45) is 3.11. The number of aromatic amines is 1. The van der Waals surface area contributed by atoms with Crippen LogP contribution in [0, 0.1) is 0 Å². The minimum Gasteiger partial charge on any atom is -0.382 e. The summed E-state index contributed by atoms with van der Waals surface area (Å²) in [5, 5.41) is 0. The van der Waals surface area contributed by atoms with Crippen molar-refractivity contribution >= 4 is 26.2 Å². The van der Waals surface area contributed by atoms with Crippen molar-refractivity contribution in [3.63, 3.8) is 0 Å². The van der Waals surface area contributed by atoms with Crippen LogP contribution < -0.4 is 5.73 Å². The van der Waals surface area contributed by atoms with Crippen LogP contribution in [0.15, 0.2) is 6.33 Å². The van der Waals surface area contributed by atoms with Crippen LogP contribution in [0.25, 0.3) is 11.2 Å². The number of nitrogen functional groups attached to an aromatic ring is 1. The molecule has 7 heteroatoms. The van der Waals surface area contributed by atoms with Crippen LogP contribution in [0.3, 0.4) is 0 Å². The van der Waals surface area contributed by atoms with E-state index in [9.17, 15) is 0 Å². The van der Waals surface area contributed by atoms with Crippen LogP contribution in [0.4, 0.5) is 5.82 Å². The second kappa shape index (κ2) is 4.72. The monoisotopic (exact) mass is 239 g/mol. The third-order valence-corrected chi connectivity index (χ3v) is 2.89. The van der Waals surface area contributed by atoms with E-state index in [0.717, 1.165) is 6.16 Å². The molecule has 2 unspecified atom stereocenters. The Kier molecular flexibility index (Phi) is 3.31. The highest BCUT2D eigenvalue weighted by molar-refractivity contribution is 7.16. The molecule has 2 heterocycles. The topological polar surface area (TPSA) is 89.7 Å². The van der Waals surface area contributed by atoms with E-state index in [1.807, 2.05) is 0 Å². The Labute approximate surface area is 95.2 Å². The molecule has 3 N–H and O–H groups in total. The Hall–Kier alpha value is -1.26. The van der Waals surface area contributed by atoms with E-state index < -0.39 is 0 Å². The van der Waals surface area contributed by atoms with E-state index in [2.05, 4.69) is 29.2 Å². The van der Waals surface area contributed by atoms with Gasteiger partial charge in [0.2, 0.25) is 0 Å². The molecule has 2 rings (SSSR count). The fourth-order valence-electron chi connectivity index (χ4n) is 1.46. The maximum atomic E-state index is 5.79. The first-order valence-electron chi connectivity index (χ1n) is 4.93. The van der Waals surface area contributed by atoms with Crippen molar-refractivity contribution in [3.05, 3.63) is 12.2 Å². The van der Waals surface area contributed by atoms with Gasteiger partial charge in [-0.3, -0.25) is 0 Å². The quantitative estimate of drug-likeness (QED) is 0.752. The van der Waals surface area contributed by atoms with E-state index in [0.29, 0.717) is 29.2 Å². The molecule has 0 saturated heterocycles. The zero-order valence-electron chi connectivity index (χ0n) is 8.97. The number of H-pyrrole nitrogens is 1. The molecular formula is C9H14N5OP.